The van der Waals surface area contributed by atoms with E-state index in [0.717, 1.165) is 26.0 Å². The Bertz CT molecular complexity index is 303. The van der Waals surface area contributed by atoms with Crippen molar-refractivity contribution in [2.75, 3.05) is 19.7 Å². The van der Waals surface area contributed by atoms with Gasteiger partial charge in [0.2, 0.25) is 5.91 Å². The molecule has 0 radical (unpaired) electrons. The van der Waals surface area contributed by atoms with Crippen LogP contribution >= 0.6 is 0 Å². The van der Waals surface area contributed by atoms with Crippen LogP contribution in [0.2, 0.25) is 0 Å². The van der Waals surface area contributed by atoms with Gasteiger partial charge in [0.1, 0.15) is 0 Å². The number of ether oxygens (including phenoxy) is 1. The minimum absolute atomic E-state index is 0.0302. The Labute approximate surface area is 123 Å². The molecule has 1 saturated heterocycles. The normalized spacial score (nSPS) is 26.5. The maximum atomic E-state index is 12.2. The maximum absolute atomic E-state index is 12.2. The second kappa shape index (κ2) is 7.99. The van der Waals surface area contributed by atoms with Crippen LogP contribution in [0.3, 0.4) is 0 Å². The number of hydrogen-bond donors (Lipinski definition) is 1. The fourth-order valence-corrected chi connectivity index (χ4v) is 3.32. The van der Waals surface area contributed by atoms with E-state index in [0.29, 0.717) is 18.9 Å². The number of likely N-dealkylation sites (tertiary alicyclic amines) is 1. The van der Waals surface area contributed by atoms with Gasteiger partial charge in [0.25, 0.3) is 0 Å². The summed E-state index contributed by atoms with van der Waals surface area (Å²) in [6, 6.07) is 0.158. The van der Waals surface area contributed by atoms with E-state index in [1.807, 2.05) is 11.8 Å². The molecular formula is C16H30N2O2. The summed E-state index contributed by atoms with van der Waals surface area (Å²) in [5.41, 5.74) is 5.92. The van der Waals surface area contributed by atoms with Crippen LogP contribution in [0, 0.1) is 5.92 Å². The van der Waals surface area contributed by atoms with Crippen LogP contribution in [0.25, 0.3) is 0 Å². The summed E-state index contributed by atoms with van der Waals surface area (Å²) in [7, 11) is 0. The Kier molecular flexibility index (Phi) is 6.30. The van der Waals surface area contributed by atoms with Gasteiger partial charge in [-0.15, -0.1) is 0 Å². The van der Waals surface area contributed by atoms with Crippen LogP contribution in [-0.4, -0.2) is 42.6 Å². The van der Waals surface area contributed by atoms with Gasteiger partial charge in [0.05, 0.1) is 12.5 Å². The van der Waals surface area contributed by atoms with Gasteiger partial charge in [-0.1, -0.05) is 19.3 Å². The lowest BCUT2D eigenvalue weighted by atomic mass is 9.90. The number of nitrogens with two attached hydrogens (primary N) is 1. The third kappa shape index (κ3) is 5.06. The van der Waals surface area contributed by atoms with Crippen molar-refractivity contribution < 1.29 is 9.53 Å². The average molecular weight is 282 g/mol. The summed E-state index contributed by atoms with van der Waals surface area (Å²) in [5.74, 6) is 0.918. The molecule has 4 nitrogen and oxygen atoms in total. The van der Waals surface area contributed by atoms with Crippen molar-refractivity contribution in [1.82, 2.24) is 4.90 Å². The lowest BCUT2D eigenvalue weighted by Gasteiger charge is -2.31. The van der Waals surface area contributed by atoms with E-state index in [1.54, 1.807) is 0 Å². The van der Waals surface area contributed by atoms with Crippen molar-refractivity contribution in [2.24, 2.45) is 11.7 Å². The standard InChI is InChI=1S/C16H30N2O2/c1-13(20-12-14-6-3-2-4-7-14)10-16(19)18-9-5-8-15(17)11-18/h13-15H,2-12,17H2,1H3. The van der Waals surface area contributed by atoms with Crippen molar-refractivity contribution in [3.8, 4) is 0 Å². The first-order valence-electron chi connectivity index (χ1n) is 8.30. The van der Waals surface area contributed by atoms with Crippen LogP contribution in [-0.2, 0) is 9.53 Å². The van der Waals surface area contributed by atoms with Gasteiger partial charge in [-0.25, -0.2) is 0 Å². The molecule has 0 spiro atoms. The first kappa shape index (κ1) is 15.8. The van der Waals surface area contributed by atoms with E-state index < -0.39 is 0 Å². The number of hydrogen-bond acceptors (Lipinski definition) is 3. The van der Waals surface area contributed by atoms with Gasteiger partial charge in [-0.3, -0.25) is 4.79 Å². The molecule has 0 aromatic carbocycles. The molecule has 2 aliphatic rings. The molecule has 1 aliphatic heterocycles. The van der Waals surface area contributed by atoms with Crippen molar-refractivity contribution in [2.45, 2.75) is 70.4 Å². The summed E-state index contributed by atoms with van der Waals surface area (Å²) in [5, 5.41) is 0. The van der Waals surface area contributed by atoms with Gasteiger partial charge in [-0.2, -0.15) is 0 Å². The van der Waals surface area contributed by atoms with E-state index in [2.05, 4.69) is 0 Å². The smallest absolute Gasteiger partial charge is 0.225 e. The minimum Gasteiger partial charge on any atom is -0.378 e. The molecule has 20 heavy (non-hydrogen) atoms. The Hall–Kier alpha value is -0.610. The van der Waals surface area contributed by atoms with E-state index in [9.17, 15) is 4.79 Å². The topological polar surface area (TPSA) is 55.6 Å². The second-order valence-corrected chi connectivity index (χ2v) is 6.59. The Morgan fingerprint density at radius 2 is 2.00 bits per heavy atom. The minimum atomic E-state index is 0.0302. The van der Waals surface area contributed by atoms with Crippen LogP contribution in [0.1, 0.15) is 58.3 Å². The Morgan fingerprint density at radius 1 is 1.25 bits per heavy atom. The summed E-state index contributed by atoms with van der Waals surface area (Å²) in [6.07, 6.45) is 9.24. The highest BCUT2D eigenvalue weighted by atomic mass is 16.5. The predicted octanol–water partition coefficient (Wildman–Crippen LogP) is 2.31. The van der Waals surface area contributed by atoms with Gasteiger partial charge in [-0.05, 0) is 38.5 Å². The number of nitrogens with zero attached hydrogens (tertiary/aromatic N) is 1. The molecule has 1 amide bonds. The Balaban J connectivity index is 1.65. The van der Waals surface area contributed by atoms with Gasteiger partial charge in [0.15, 0.2) is 0 Å². The zero-order valence-corrected chi connectivity index (χ0v) is 12.9. The molecule has 0 aromatic heterocycles. The fourth-order valence-electron chi connectivity index (χ4n) is 3.32. The number of piperidine rings is 1. The molecule has 0 bridgehead atoms. The predicted molar refractivity (Wildman–Crippen MR) is 80.4 cm³/mol. The van der Waals surface area contributed by atoms with Crippen molar-refractivity contribution >= 4 is 5.91 Å². The molecule has 1 saturated carbocycles. The molecule has 2 unspecified atom stereocenters. The summed E-state index contributed by atoms with van der Waals surface area (Å²) >= 11 is 0. The third-order valence-corrected chi connectivity index (χ3v) is 4.61. The second-order valence-electron chi connectivity index (χ2n) is 6.59. The molecule has 1 aliphatic carbocycles. The first-order valence-corrected chi connectivity index (χ1v) is 8.30. The number of rotatable bonds is 5. The van der Waals surface area contributed by atoms with Crippen LogP contribution in [0.4, 0.5) is 0 Å². The van der Waals surface area contributed by atoms with Crippen molar-refractivity contribution in [1.29, 1.82) is 0 Å². The van der Waals surface area contributed by atoms with Crippen LogP contribution < -0.4 is 5.73 Å². The highest BCUT2D eigenvalue weighted by molar-refractivity contribution is 5.76. The van der Waals surface area contributed by atoms with Gasteiger partial charge < -0.3 is 15.4 Å². The van der Waals surface area contributed by atoms with Crippen molar-refractivity contribution in [3.05, 3.63) is 0 Å². The molecule has 2 atom stereocenters. The molecule has 1 heterocycles. The maximum Gasteiger partial charge on any atom is 0.225 e. The SMILES string of the molecule is CC(CC(=O)N1CCCC(N)C1)OCC1CCCCC1. The monoisotopic (exact) mass is 282 g/mol. The summed E-state index contributed by atoms with van der Waals surface area (Å²) < 4.78 is 5.89. The highest BCUT2D eigenvalue weighted by Crippen LogP contribution is 2.24. The fraction of sp³-hybridized carbons (Fsp3) is 0.938. The molecular weight excluding hydrogens is 252 g/mol. The third-order valence-electron chi connectivity index (χ3n) is 4.61. The zero-order chi connectivity index (χ0) is 14.4. The van der Waals surface area contributed by atoms with E-state index in [-0.39, 0.29) is 18.1 Å². The molecule has 2 N–H and O–H groups in total. The molecule has 4 heteroatoms. The summed E-state index contributed by atoms with van der Waals surface area (Å²) in [4.78, 5) is 14.1. The number of carbonyl (C=O) groups excluding carboxylic acids is 1. The zero-order valence-electron chi connectivity index (χ0n) is 12.9. The number of amides is 1. The molecule has 2 fully saturated rings. The molecule has 116 valence electrons. The van der Waals surface area contributed by atoms with E-state index in [4.69, 9.17) is 10.5 Å². The summed E-state index contributed by atoms with van der Waals surface area (Å²) in [6.45, 7) is 4.43. The lowest BCUT2D eigenvalue weighted by Crippen LogP contribution is -2.46. The van der Waals surface area contributed by atoms with Gasteiger partial charge >= 0.3 is 0 Å². The number of carbonyl (C=O) groups is 1. The largest absolute Gasteiger partial charge is 0.378 e. The van der Waals surface area contributed by atoms with E-state index in [1.165, 1.54) is 32.1 Å². The lowest BCUT2D eigenvalue weighted by molar-refractivity contribution is -0.135. The molecule has 2 rings (SSSR count). The average Bonchev–Trinajstić information content (AvgIpc) is 2.46. The van der Waals surface area contributed by atoms with Gasteiger partial charge in [0, 0.05) is 25.7 Å². The van der Waals surface area contributed by atoms with Crippen LogP contribution in [0.5, 0.6) is 0 Å². The quantitative estimate of drug-likeness (QED) is 0.842. The first-order chi connectivity index (χ1) is 9.65. The molecule has 0 aromatic rings. The highest BCUT2D eigenvalue weighted by Gasteiger charge is 2.23. The van der Waals surface area contributed by atoms with E-state index >= 15 is 0 Å². The van der Waals surface area contributed by atoms with Crippen molar-refractivity contribution in [3.63, 3.8) is 0 Å². The Morgan fingerprint density at radius 3 is 2.70 bits per heavy atom. The van der Waals surface area contributed by atoms with Crippen LogP contribution in [0.15, 0.2) is 0 Å².